The average Bonchev–Trinajstić information content (AvgIpc) is 2.63. The van der Waals surface area contributed by atoms with Crippen molar-refractivity contribution in [3.05, 3.63) is 0 Å². The minimum atomic E-state index is 0.418. The minimum Gasteiger partial charge on any atom is -0.378 e. The van der Waals surface area contributed by atoms with Crippen LogP contribution in [-0.2, 0) is 4.74 Å². The van der Waals surface area contributed by atoms with Crippen molar-refractivity contribution in [2.45, 2.75) is 59.0 Å². The number of ether oxygens (including phenoxy) is 1. The van der Waals surface area contributed by atoms with Crippen LogP contribution >= 0.6 is 15.9 Å². The monoisotopic (exact) mass is 276 g/mol. The first kappa shape index (κ1) is 13.5. The SMILES string of the molecule is CC(C)CC(C)OCC1(CBr)CCCC1. The second-order valence-electron chi connectivity index (χ2n) is 5.59. The van der Waals surface area contributed by atoms with Gasteiger partial charge in [-0.15, -0.1) is 0 Å². The van der Waals surface area contributed by atoms with E-state index in [-0.39, 0.29) is 0 Å². The predicted molar refractivity (Wildman–Crippen MR) is 69.6 cm³/mol. The van der Waals surface area contributed by atoms with Gasteiger partial charge in [-0.2, -0.15) is 0 Å². The smallest absolute Gasteiger partial charge is 0.0549 e. The number of hydrogen-bond donors (Lipinski definition) is 0. The molecule has 1 rings (SSSR count). The van der Waals surface area contributed by atoms with E-state index in [0.29, 0.717) is 11.5 Å². The van der Waals surface area contributed by atoms with Gasteiger partial charge in [-0.25, -0.2) is 0 Å². The van der Waals surface area contributed by atoms with Crippen LogP contribution in [0.15, 0.2) is 0 Å². The topological polar surface area (TPSA) is 9.23 Å². The maximum absolute atomic E-state index is 6.00. The molecule has 0 radical (unpaired) electrons. The van der Waals surface area contributed by atoms with Gasteiger partial charge in [0.25, 0.3) is 0 Å². The Labute approximate surface area is 103 Å². The zero-order chi connectivity index (χ0) is 11.3. The maximum atomic E-state index is 6.00. The highest BCUT2D eigenvalue weighted by atomic mass is 79.9. The minimum absolute atomic E-state index is 0.418. The summed E-state index contributed by atoms with van der Waals surface area (Å²) in [6.45, 7) is 7.67. The molecule has 1 aliphatic rings. The predicted octanol–water partition coefficient (Wildman–Crippen LogP) is 4.39. The van der Waals surface area contributed by atoms with Crippen LogP contribution in [0, 0.1) is 11.3 Å². The number of alkyl halides is 1. The normalized spacial score (nSPS) is 22.2. The molecule has 1 saturated carbocycles. The Morgan fingerprint density at radius 2 is 1.80 bits per heavy atom. The van der Waals surface area contributed by atoms with Crippen LogP contribution in [0.2, 0.25) is 0 Å². The summed E-state index contributed by atoms with van der Waals surface area (Å²) in [5, 5.41) is 1.11. The molecule has 0 saturated heterocycles. The van der Waals surface area contributed by atoms with Crippen molar-refractivity contribution in [1.29, 1.82) is 0 Å². The van der Waals surface area contributed by atoms with Crippen LogP contribution in [0.5, 0.6) is 0 Å². The van der Waals surface area contributed by atoms with Crippen LogP contribution in [0.4, 0.5) is 0 Å². The van der Waals surface area contributed by atoms with Gasteiger partial charge in [-0.3, -0.25) is 0 Å². The molecule has 0 amide bonds. The highest BCUT2D eigenvalue weighted by Gasteiger charge is 2.33. The molecular formula is C13H25BrO. The molecule has 15 heavy (non-hydrogen) atoms. The molecule has 0 N–H and O–H groups in total. The first-order valence-electron chi connectivity index (χ1n) is 6.25. The van der Waals surface area contributed by atoms with E-state index in [9.17, 15) is 0 Å². The molecule has 1 unspecified atom stereocenters. The van der Waals surface area contributed by atoms with Crippen LogP contribution in [-0.4, -0.2) is 18.0 Å². The first-order valence-corrected chi connectivity index (χ1v) is 7.38. The van der Waals surface area contributed by atoms with E-state index >= 15 is 0 Å². The lowest BCUT2D eigenvalue weighted by Gasteiger charge is -2.28. The van der Waals surface area contributed by atoms with Gasteiger partial charge in [-0.05, 0) is 32.1 Å². The zero-order valence-corrected chi connectivity index (χ0v) is 12.0. The number of hydrogen-bond acceptors (Lipinski definition) is 1. The van der Waals surface area contributed by atoms with Crippen molar-refractivity contribution < 1.29 is 4.74 Å². The Balaban J connectivity index is 2.28. The summed E-state index contributed by atoms with van der Waals surface area (Å²) >= 11 is 3.65. The molecule has 1 fully saturated rings. The van der Waals surface area contributed by atoms with E-state index in [1.165, 1.54) is 32.1 Å². The fourth-order valence-corrected chi connectivity index (χ4v) is 3.22. The summed E-state index contributed by atoms with van der Waals surface area (Å²) < 4.78 is 6.00. The van der Waals surface area contributed by atoms with E-state index in [1.54, 1.807) is 0 Å². The van der Waals surface area contributed by atoms with Crippen molar-refractivity contribution >= 4 is 15.9 Å². The Bertz CT molecular complexity index is 173. The average molecular weight is 277 g/mol. The zero-order valence-electron chi connectivity index (χ0n) is 10.4. The van der Waals surface area contributed by atoms with E-state index in [2.05, 4.69) is 36.7 Å². The van der Waals surface area contributed by atoms with Crippen LogP contribution in [0.1, 0.15) is 52.9 Å². The second-order valence-corrected chi connectivity index (χ2v) is 6.15. The fourth-order valence-electron chi connectivity index (χ4n) is 2.49. The standard InChI is InChI=1S/C13H25BrO/c1-11(2)8-12(3)15-10-13(9-14)6-4-5-7-13/h11-12H,4-10H2,1-3H3. The summed E-state index contributed by atoms with van der Waals surface area (Å²) in [7, 11) is 0. The molecule has 1 atom stereocenters. The molecule has 0 aromatic heterocycles. The summed E-state index contributed by atoms with van der Waals surface area (Å²) in [4.78, 5) is 0. The molecule has 0 spiro atoms. The summed E-state index contributed by atoms with van der Waals surface area (Å²) in [5.74, 6) is 0.739. The molecule has 2 heteroatoms. The van der Waals surface area contributed by atoms with Gasteiger partial charge < -0.3 is 4.74 Å². The third-order valence-electron chi connectivity index (χ3n) is 3.43. The van der Waals surface area contributed by atoms with Crippen molar-refractivity contribution in [2.24, 2.45) is 11.3 Å². The molecule has 0 aromatic rings. The molecule has 0 bridgehead atoms. The van der Waals surface area contributed by atoms with Gasteiger partial charge in [0.1, 0.15) is 0 Å². The summed E-state index contributed by atoms with van der Waals surface area (Å²) in [6.07, 6.45) is 7.04. The van der Waals surface area contributed by atoms with E-state index in [0.717, 1.165) is 17.9 Å². The van der Waals surface area contributed by atoms with Crippen molar-refractivity contribution in [1.82, 2.24) is 0 Å². The van der Waals surface area contributed by atoms with Gasteiger partial charge >= 0.3 is 0 Å². The molecule has 1 nitrogen and oxygen atoms in total. The molecular weight excluding hydrogens is 252 g/mol. The lowest BCUT2D eigenvalue weighted by molar-refractivity contribution is 0.000892. The summed E-state index contributed by atoms with van der Waals surface area (Å²) in [6, 6.07) is 0. The van der Waals surface area contributed by atoms with Crippen LogP contribution in [0.25, 0.3) is 0 Å². The largest absolute Gasteiger partial charge is 0.378 e. The Hall–Kier alpha value is 0.440. The Morgan fingerprint density at radius 3 is 2.27 bits per heavy atom. The van der Waals surface area contributed by atoms with Gasteiger partial charge in [0.2, 0.25) is 0 Å². The highest BCUT2D eigenvalue weighted by molar-refractivity contribution is 9.09. The van der Waals surface area contributed by atoms with Crippen molar-refractivity contribution in [3.63, 3.8) is 0 Å². The molecule has 0 aromatic carbocycles. The lowest BCUT2D eigenvalue weighted by atomic mass is 9.90. The second kappa shape index (κ2) is 6.24. The summed E-state index contributed by atoms with van der Waals surface area (Å²) in [5.41, 5.74) is 0.450. The van der Waals surface area contributed by atoms with E-state index in [4.69, 9.17) is 4.74 Å². The highest BCUT2D eigenvalue weighted by Crippen LogP contribution is 2.40. The lowest BCUT2D eigenvalue weighted by Crippen LogP contribution is -2.28. The third-order valence-corrected chi connectivity index (χ3v) is 4.61. The van der Waals surface area contributed by atoms with Crippen molar-refractivity contribution in [3.8, 4) is 0 Å². The quantitative estimate of drug-likeness (QED) is 0.654. The fraction of sp³-hybridized carbons (Fsp3) is 1.00. The Morgan fingerprint density at radius 1 is 1.20 bits per heavy atom. The van der Waals surface area contributed by atoms with Crippen LogP contribution < -0.4 is 0 Å². The molecule has 0 heterocycles. The molecule has 0 aliphatic heterocycles. The third kappa shape index (κ3) is 4.44. The van der Waals surface area contributed by atoms with Gasteiger partial charge in [0.15, 0.2) is 0 Å². The Kier molecular flexibility index (Phi) is 5.62. The first-order chi connectivity index (χ1) is 7.08. The van der Waals surface area contributed by atoms with Crippen LogP contribution in [0.3, 0.4) is 0 Å². The van der Waals surface area contributed by atoms with Crippen molar-refractivity contribution in [2.75, 3.05) is 11.9 Å². The number of halogens is 1. The van der Waals surface area contributed by atoms with Gasteiger partial charge in [0, 0.05) is 10.7 Å². The van der Waals surface area contributed by atoms with E-state index < -0.39 is 0 Å². The number of rotatable bonds is 6. The van der Waals surface area contributed by atoms with E-state index in [1.807, 2.05) is 0 Å². The van der Waals surface area contributed by atoms with Gasteiger partial charge in [0.05, 0.1) is 12.7 Å². The molecule has 90 valence electrons. The molecule has 1 aliphatic carbocycles. The van der Waals surface area contributed by atoms with Gasteiger partial charge in [-0.1, -0.05) is 42.6 Å². The maximum Gasteiger partial charge on any atom is 0.0549 e.